The summed E-state index contributed by atoms with van der Waals surface area (Å²) in [5, 5.41) is 2.59. The Bertz CT molecular complexity index is 450. The number of alkyl halides is 1. The zero-order valence-corrected chi connectivity index (χ0v) is 8.81. The van der Waals surface area contributed by atoms with Crippen LogP contribution in [0, 0.1) is 5.82 Å². The molecule has 0 amide bonds. The third-order valence-corrected chi connectivity index (χ3v) is 3.56. The number of rotatable bonds is 1. The van der Waals surface area contributed by atoms with E-state index in [1.165, 1.54) is 16.7 Å². The van der Waals surface area contributed by atoms with E-state index in [1.54, 1.807) is 12.1 Å². The van der Waals surface area contributed by atoms with Crippen molar-refractivity contribution >= 4 is 44.6 Å². The molecule has 0 aliphatic rings. The second-order valence-corrected chi connectivity index (χ2v) is 4.18. The second-order valence-electron chi connectivity index (χ2n) is 2.63. The van der Waals surface area contributed by atoms with Gasteiger partial charge in [-0.2, -0.15) is 0 Å². The van der Waals surface area contributed by atoms with E-state index >= 15 is 0 Å². The van der Waals surface area contributed by atoms with E-state index in [4.69, 9.17) is 23.2 Å². The van der Waals surface area contributed by atoms with Crippen LogP contribution in [0.3, 0.4) is 0 Å². The van der Waals surface area contributed by atoms with Gasteiger partial charge in [0.25, 0.3) is 0 Å². The van der Waals surface area contributed by atoms with Crippen molar-refractivity contribution in [3.8, 4) is 0 Å². The molecule has 1 heterocycles. The highest BCUT2D eigenvalue weighted by Crippen LogP contribution is 2.34. The molecule has 0 nitrogen and oxygen atoms in total. The van der Waals surface area contributed by atoms with Gasteiger partial charge in [-0.25, -0.2) is 4.39 Å². The van der Waals surface area contributed by atoms with Crippen LogP contribution in [0.1, 0.15) is 5.56 Å². The van der Waals surface area contributed by atoms with Gasteiger partial charge in [0.1, 0.15) is 5.82 Å². The summed E-state index contributed by atoms with van der Waals surface area (Å²) in [6.07, 6.45) is 0. The van der Waals surface area contributed by atoms with Crippen molar-refractivity contribution in [2.75, 3.05) is 0 Å². The fourth-order valence-electron chi connectivity index (χ4n) is 1.26. The van der Waals surface area contributed by atoms with E-state index in [0.29, 0.717) is 16.3 Å². The van der Waals surface area contributed by atoms with Crippen LogP contribution in [0.5, 0.6) is 0 Å². The van der Waals surface area contributed by atoms with Crippen LogP contribution in [0.25, 0.3) is 10.1 Å². The minimum atomic E-state index is -0.238. The molecule has 1 aromatic heterocycles. The lowest BCUT2D eigenvalue weighted by atomic mass is 10.1. The third-order valence-electron chi connectivity index (χ3n) is 1.86. The molecular formula is C9H5Cl2FS. The quantitative estimate of drug-likeness (QED) is 0.641. The second kappa shape index (κ2) is 3.45. The predicted octanol–water partition coefficient (Wildman–Crippen LogP) is 4.43. The maximum absolute atomic E-state index is 13.3. The number of benzene rings is 1. The Morgan fingerprint density at radius 3 is 2.85 bits per heavy atom. The Balaban J connectivity index is 2.88. The molecule has 0 spiro atoms. The molecule has 68 valence electrons. The van der Waals surface area contributed by atoms with Crippen LogP contribution in [-0.4, -0.2) is 0 Å². The van der Waals surface area contributed by atoms with E-state index < -0.39 is 0 Å². The van der Waals surface area contributed by atoms with Crippen molar-refractivity contribution in [3.05, 3.63) is 33.9 Å². The first-order chi connectivity index (χ1) is 6.24. The average molecular weight is 235 g/mol. The predicted molar refractivity (Wildman–Crippen MR) is 56.4 cm³/mol. The van der Waals surface area contributed by atoms with Crippen LogP contribution in [0.4, 0.5) is 4.39 Å². The maximum atomic E-state index is 13.3. The van der Waals surface area contributed by atoms with Gasteiger partial charge in [0.2, 0.25) is 0 Å². The van der Waals surface area contributed by atoms with Crippen LogP contribution < -0.4 is 0 Å². The van der Waals surface area contributed by atoms with Gasteiger partial charge < -0.3 is 0 Å². The Morgan fingerprint density at radius 1 is 1.38 bits per heavy atom. The monoisotopic (exact) mass is 234 g/mol. The molecule has 1 aromatic carbocycles. The lowest BCUT2D eigenvalue weighted by Gasteiger charge is -1.99. The zero-order valence-electron chi connectivity index (χ0n) is 6.48. The van der Waals surface area contributed by atoms with Gasteiger partial charge in [0, 0.05) is 16.6 Å². The molecule has 2 aromatic rings. The Kier molecular flexibility index (Phi) is 2.45. The van der Waals surface area contributed by atoms with Gasteiger partial charge in [0.05, 0.1) is 9.72 Å². The standard InChI is InChI=1S/C9H5Cl2FS/c10-3-5-1-2-6(11)9-8(5)7(12)4-13-9/h1-2,4H,3H2. The van der Waals surface area contributed by atoms with Crippen molar-refractivity contribution in [3.63, 3.8) is 0 Å². The van der Waals surface area contributed by atoms with Gasteiger partial charge in [-0.05, 0) is 11.6 Å². The van der Waals surface area contributed by atoms with Crippen LogP contribution in [-0.2, 0) is 5.88 Å². The van der Waals surface area contributed by atoms with Crippen molar-refractivity contribution in [2.24, 2.45) is 0 Å². The summed E-state index contributed by atoms with van der Waals surface area (Å²) in [5.41, 5.74) is 0.791. The summed E-state index contributed by atoms with van der Waals surface area (Å²) in [6, 6.07) is 3.50. The van der Waals surface area contributed by atoms with Gasteiger partial charge in [-0.15, -0.1) is 22.9 Å². The summed E-state index contributed by atoms with van der Waals surface area (Å²) < 4.78 is 14.0. The first kappa shape index (κ1) is 9.25. The summed E-state index contributed by atoms with van der Waals surface area (Å²) >= 11 is 12.9. The maximum Gasteiger partial charge on any atom is 0.142 e. The van der Waals surface area contributed by atoms with Crippen molar-refractivity contribution in [1.29, 1.82) is 0 Å². The van der Waals surface area contributed by atoms with E-state index in [9.17, 15) is 4.39 Å². The first-order valence-electron chi connectivity index (χ1n) is 3.64. The number of halogens is 3. The molecule has 0 unspecified atom stereocenters. The number of thiophene rings is 1. The summed E-state index contributed by atoms with van der Waals surface area (Å²) in [4.78, 5) is 0. The minimum Gasteiger partial charge on any atom is -0.205 e. The van der Waals surface area contributed by atoms with Crippen LogP contribution >= 0.6 is 34.5 Å². The van der Waals surface area contributed by atoms with Crippen molar-refractivity contribution in [2.45, 2.75) is 5.88 Å². The molecule has 0 saturated carbocycles. The smallest absolute Gasteiger partial charge is 0.142 e. The Morgan fingerprint density at radius 2 is 2.15 bits per heavy atom. The molecule has 0 aliphatic carbocycles. The topological polar surface area (TPSA) is 0 Å². The van der Waals surface area contributed by atoms with Crippen LogP contribution in [0.2, 0.25) is 5.02 Å². The highest BCUT2D eigenvalue weighted by Gasteiger charge is 2.10. The Hall–Kier alpha value is -0.310. The van der Waals surface area contributed by atoms with Crippen LogP contribution in [0.15, 0.2) is 17.5 Å². The summed E-state index contributed by atoms with van der Waals surface area (Å²) in [7, 11) is 0. The summed E-state index contributed by atoms with van der Waals surface area (Å²) in [6.45, 7) is 0. The largest absolute Gasteiger partial charge is 0.205 e. The SMILES string of the molecule is Fc1csc2c(Cl)ccc(CCl)c12. The number of fused-ring (bicyclic) bond motifs is 1. The van der Waals surface area contributed by atoms with E-state index in [0.717, 1.165) is 10.3 Å². The number of hydrogen-bond donors (Lipinski definition) is 0. The van der Waals surface area contributed by atoms with Crippen molar-refractivity contribution in [1.82, 2.24) is 0 Å². The van der Waals surface area contributed by atoms with E-state index in [-0.39, 0.29) is 5.82 Å². The Labute approximate surface area is 88.9 Å². The van der Waals surface area contributed by atoms with Gasteiger partial charge >= 0.3 is 0 Å². The normalized spacial score (nSPS) is 11.0. The average Bonchev–Trinajstić information content (AvgIpc) is 2.51. The zero-order chi connectivity index (χ0) is 9.42. The van der Waals surface area contributed by atoms with Gasteiger partial charge in [-0.1, -0.05) is 17.7 Å². The molecule has 2 rings (SSSR count). The highest BCUT2D eigenvalue weighted by atomic mass is 35.5. The molecule has 0 saturated heterocycles. The van der Waals surface area contributed by atoms with Crippen molar-refractivity contribution < 1.29 is 4.39 Å². The molecule has 0 fully saturated rings. The minimum absolute atomic E-state index is 0.238. The molecule has 0 bridgehead atoms. The first-order valence-corrected chi connectivity index (χ1v) is 5.43. The fourth-order valence-corrected chi connectivity index (χ4v) is 2.64. The third kappa shape index (κ3) is 1.43. The van der Waals surface area contributed by atoms with E-state index in [1.807, 2.05) is 0 Å². The van der Waals surface area contributed by atoms with Gasteiger partial charge in [-0.3, -0.25) is 0 Å². The fraction of sp³-hybridized carbons (Fsp3) is 0.111. The molecule has 0 radical (unpaired) electrons. The molecule has 0 aliphatic heterocycles. The molecule has 0 atom stereocenters. The lowest BCUT2D eigenvalue weighted by Crippen LogP contribution is -1.81. The molecule has 0 N–H and O–H groups in total. The van der Waals surface area contributed by atoms with Gasteiger partial charge in [0.15, 0.2) is 0 Å². The summed E-state index contributed by atoms with van der Waals surface area (Å²) in [5.74, 6) is 0.0690. The van der Waals surface area contributed by atoms with E-state index in [2.05, 4.69) is 0 Å². The highest BCUT2D eigenvalue weighted by molar-refractivity contribution is 7.18. The lowest BCUT2D eigenvalue weighted by molar-refractivity contribution is 0.643. The molecule has 4 heteroatoms. The number of hydrogen-bond acceptors (Lipinski definition) is 1. The molecule has 13 heavy (non-hydrogen) atoms. The molecular weight excluding hydrogens is 230 g/mol.